The monoisotopic (exact) mass is 236 g/mol. The van der Waals surface area contributed by atoms with Crippen LogP contribution in [0.5, 0.6) is 0 Å². The minimum atomic E-state index is -3.17. The van der Waals surface area contributed by atoms with Crippen molar-refractivity contribution in [1.29, 1.82) is 0 Å². The highest BCUT2D eigenvalue weighted by Gasteiger charge is 2.27. The Balaban J connectivity index is 2.45. The molecule has 90 valence electrons. The minimum absolute atomic E-state index is 0.150. The Kier molecular flexibility index (Phi) is 4.98. The van der Waals surface area contributed by atoms with Crippen molar-refractivity contribution < 1.29 is 13.5 Å². The van der Waals surface area contributed by atoms with E-state index >= 15 is 0 Å². The van der Waals surface area contributed by atoms with Gasteiger partial charge in [0.2, 0.25) is 10.0 Å². The molecule has 0 bridgehead atoms. The Morgan fingerprint density at radius 1 is 1.40 bits per heavy atom. The topological polar surface area (TPSA) is 83.6 Å². The van der Waals surface area contributed by atoms with Crippen LogP contribution in [-0.2, 0) is 10.0 Å². The normalized spacial score (nSPS) is 24.3. The highest BCUT2D eigenvalue weighted by molar-refractivity contribution is 7.89. The molecule has 0 aromatic carbocycles. The van der Waals surface area contributed by atoms with E-state index in [1.807, 2.05) is 0 Å². The zero-order valence-corrected chi connectivity index (χ0v) is 9.75. The second kappa shape index (κ2) is 5.79. The number of sulfonamides is 1. The molecule has 0 spiro atoms. The molecule has 0 aliphatic carbocycles. The number of rotatable bonds is 5. The maximum absolute atomic E-state index is 11.8. The van der Waals surface area contributed by atoms with E-state index in [4.69, 9.17) is 5.73 Å². The summed E-state index contributed by atoms with van der Waals surface area (Å²) < 4.78 is 25.0. The van der Waals surface area contributed by atoms with E-state index in [2.05, 4.69) is 0 Å². The average Bonchev–Trinajstić information content (AvgIpc) is 2.18. The molecule has 0 amide bonds. The molecule has 1 aliphatic rings. The SMILES string of the molecule is NCCCCS(=O)(=O)N1CCCC(O)C1. The number of unbranched alkanes of at least 4 members (excludes halogenated alkanes) is 1. The zero-order chi connectivity index (χ0) is 11.3. The lowest BCUT2D eigenvalue weighted by Crippen LogP contribution is -2.43. The molecule has 0 radical (unpaired) electrons. The summed E-state index contributed by atoms with van der Waals surface area (Å²) in [5.74, 6) is 0.150. The summed E-state index contributed by atoms with van der Waals surface area (Å²) in [6.45, 7) is 1.32. The molecular weight excluding hydrogens is 216 g/mol. The second-order valence-electron chi connectivity index (χ2n) is 3.97. The summed E-state index contributed by atoms with van der Waals surface area (Å²) >= 11 is 0. The predicted octanol–water partition coefficient (Wildman–Crippen LogP) is -0.488. The van der Waals surface area contributed by atoms with Gasteiger partial charge in [0.05, 0.1) is 11.9 Å². The molecule has 1 atom stereocenters. The Bertz CT molecular complexity index is 279. The molecule has 1 heterocycles. The summed E-state index contributed by atoms with van der Waals surface area (Å²) in [5, 5.41) is 9.39. The molecule has 1 unspecified atom stereocenters. The van der Waals surface area contributed by atoms with Gasteiger partial charge >= 0.3 is 0 Å². The van der Waals surface area contributed by atoms with E-state index in [0.29, 0.717) is 25.9 Å². The standard InChI is InChI=1S/C9H20N2O3S/c10-5-1-2-7-15(13,14)11-6-3-4-9(12)8-11/h9,12H,1-8,10H2. The molecule has 0 saturated carbocycles. The first kappa shape index (κ1) is 12.9. The first-order valence-electron chi connectivity index (χ1n) is 5.42. The number of aliphatic hydroxyl groups is 1. The van der Waals surface area contributed by atoms with Crippen molar-refractivity contribution >= 4 is 10.0 Å². The van der Waals surface area contributed by atoms with Crippen molar-refractivity contribution in [3.05, 3.63) is 0 Å². The van der Waals surface area contributed by atoms with Gasteiger partial charge in [0, 0.05) is 13.1 Å². The first-order valence-corrected chi connectivity index (χ1v) is 7.03. The summed E-state index contributed by atoms with van der Waals surface area (Å²) in [6, 6.07) is 0. The quantitative estimate of drug-likeness (QED) is 0.631. The summed E-state index contributed by atoms with van der Waals surface area (Å²) in [5.41, 5.74) is 5.31. The maximum Gasteiger partial charge on any atom is 0.214 e. The van der Waals surface area contributed by atoms with Crippen LogP contribution >= 0.6 is 0 Å². The van der Waals surface area contributed by atoms with Crippen LogP contribution in [0.3, 0.4) is 0 Å². The van der Waals surface area contributed by atoms with Gasteiger partial charge in [-0.25, -0.2) is 8.42 Å². The number of hydrogen-bond donors (Lipinski definition) is 2. The van der Waals surface area contributed by atoms with Crippen LogP contribution in [0.25, 0.3) is 0 Å². The van der Waals surface area contributed by atoms with Crippen molar-refractivity contribution in [2.75, 3.05) is 25.4 Å². The van der Waals surface area contributed by atoms with E-state index < -0.39 is 16.1 Å². The highest BCUT2D eigenvalue weighted by Crippen LogP contribution is 2.14. The molecule has 5 nitrogen and oxygen atoms in total. The molecule has 0 aromatic rings. The molecule has 1 aliphatic heterocycles. The Labute approximate surface area is 91.3 Å². The van der Waals surface area contributed by atoms with E-state index in [-0.39, 0.29) is 12.3 Å². The van der Waals surface area contributed by atoms with Gasteiger partial charge in [-0.15, -0.1) is 0 Å². The van der Waals surface area contributed by atoms with Gasteiger partial charge in [-0.2, -0.15) is 4.31 Å². The van der Waals surface area contributed by atoms with E-state index in [9.17, 15) is 13.5 Å². The van der Waals surface area contributed by atoms with Crippen LogP contribution in [-0.4, -0.2) is 49.3 Å². The number of hydrogen-bond acceptors (Lipinski definition) is 4. The summed E-state index contributed by atoms with van der Waals surface area (Å²) in [4.78, 5) is 0. The lowest BCUT2D eigenvalue weighted by molar-refractivity contribution is 0.108. The third-order valence-corrected chi connectivity index (χ3v) is 4.53. The molecule has 0 aromatic heterocycles. The smallest absolute Gasteiger partial charge is 0.214 e. The number of piperidine rings is 1. The fourth-order valence-corrected chi connectivity index (χ4v) is 3.37. The molecule has 1 rings (SSSR count). The number of nitrogens with zero attached hydrogens (tertiary/aromatic N) is 1. The lowest BCUT2D eigenvalue weighted by Gasteiger charge is -2.29. The van der Waals surface area contributed by atoms with Crippen LogP contribution in [0.4, 0.5) is 0 Å². The molecule has 1 saturated heterocycles. The van der Waals surface area contributed by atoms with E-state index in [0.717, 1.165) is 12.8 Å². The number of nitrogens with two attached hydrogens (primary N) is 1. The van der Waals surface area contributed by atoms with Crippen molar-refractivity contribution in [2.24, 2.45) is 5.73 Å². The number of β-amino-alcohol motifs (C(OH)–C–C–N with tert-alkyl or cyclic N) is 1. The molecule has 15 heavy (non-hydrogen) atoms. The fraction of sp³-hybridized carbons (Fsp3) is 1.00. The lowest BCUT2D eigenvalue weighted by atomic mass is 10.1. The highest BCUT2D eigenvalue weighted by atomic mass is 32.2. The van der Waals surface area contributed by atoms with Crippen LogP contribution in [0, 0.1) is 0 Å². The first-order chi connectivity index (χ1) is 7.06. The molecule has 3 N–H and O–H groups in total. The Morgan fingerprint density at radius 3 is 2.73 bits per heavy atom. The van der Waals surface area contributed by atoms with Crippen molar-refractivity contribution in [3.63, 3.8) is 0 Å². The van der Waals surface area contributed by atoms with Gasteiger partial charge in [0.1, 0.15) is 0 Å². The van der Waals surface area contributed by atoms with Crippen LogP contribution in [0.1, 0.15) is 25.7 Å². The third-order valence-electron chi connectivity index (χ3n) is 2.61. The van der Waals surface area contributed by atoms with Crippen LogP contribution in [0.15, 0.2) is 0 Å². The average molecular weight is 236 g/mol. The third kappa shape index (κ3) is 4.06. The van der Waals surface area contributed by atoms with Crippen molar-refractivity contribution in [3.8, 4) is 0 Å². The summed E-state index contributed by atoms with van der Waals surface area (Å²) in [6.07, 6.45) is 2.29. The van der Waals surface area contributed by atoms with Gasteiger partial charge in [0.15, 0.2) is 0 Å². The maximum atomic E-state index is 11.8. The largest absolute Gasteiger partial charge is 0.392 e. The van der Waals surface area contributed by atoms with Crippen molar-refractivity contribution in [2.45, 2.75) is 31.8 Å². The fourth-order valence-electron chi connectivity index (χ4n) is 1.73. The second-order valence-corrected chi connectivity index (χ2v) is 6.05. The van der Waals surface area contributed by atoms with Gasteiger partial charge in [-0.3, -0.25) is 0 Å². The molecule has 6 heteroatoms. The van der Waals surface area contributed by atoms with Gasteiger partial charge in [0.25, 0.3) is 0 Å². The van der Waals surface area contributed by atoms with E-state index in [1.165, 1.54) is 4.31 Å². The Hall–Kier alpha value is -0.170. The molecular formula is C9H20N2O3S. The van der Waals surface area contributed by atoms with E-state index in [1.54, 1.807) is 0 Å². The zero-order valence-electron chi connectivity index (χ0n) is 8.93. The summed E-state index contributed by atoms with van der Waals surface area (Å²) in [7, 11) is -3.17. The van der Waals surface area contributed by atoms with Gasteiger partial charge < -0.3 is 10.8 Å². The molecule has 1 fully saturated rings. The van der Waals surface area contributed by atoms with Gasteiger partial charge in [-0.1, -0.05) is 0 Å². The van der Waals surface area contributed by atoms with Crippen molar-refractivity contribution in [1.82, 2.24) is 4.31 Å². The minimum Gasteiger partial charge on any atom is -0.392 e. The van der Waals surface area contributed by atoms with Crippen LogP contribution < -0.4 is 5.73 Å². The van der Waals surface area contributed by atoms with Crippen LogP contribution in [0.2, 0.25) is 0 Å². The van der Waals surface area contributed by atoms with Gasteiger partial charge in [-0.05, 0) is 32.2 Å². The Morgan fingerprint density at radius 2 is 2.13 bits per heavy atom. The number of aliphatic hydroxyl groups excluding tert-OH is 1. The predicted molar refractivity (Wildman–Crippen MR) is 58.9 cm³/mol.